The maximum atomic E-state index is 13.4. The molecule has 6 nitrogen and oxygen atoms in total. The molecule has 3 aromatic carbocycles. The number of methoxy groups -OCH3 is 1. The smallest absolute Gasteiger partial charge is 0.295 e. The summed E-state index contributed by atoms with van der Waals surface area (Å²) in [5.74, 6) is -0.429. The van der Waals surface area contributed by atoms with E-state index in [1.54, 1.807) is 31.4 Å². The van der Waals surface area contributed by atoms with E-state index in [0.717, 1.165) is 16.7 Å². The number of rotatable bonds is 7. The van der Waals surface area contributed by atoms with Gasteiger partial charge < -0.3 is 19.5 Å². The van der Waals surface area contributed by atoms with Crippen LogP contribution in [0.3, 0.4) is 0 Å². The number of nitrogens with zero attached hydrogens (tertiary/aromatic N) is 1. The first-order chi connectivity index (χ1) is 17.7. The molecule has 1 aliphatic rings. The number of aliphatic hydroxyl groups is 1. The molecule has 4 rings (SSSR count). The van der Waals surface area contributed by atoms with Crippen LogP contribution in [-0.4, -0.2) is 35.4 Å². The fourth-order valence-corrected chi connectivity index (χ4v) is 4.63. The third-order valence-corrected chi connectivity index (χ3v) is 6.58. The highest BCUT2D eigenvalue weighted by atomic mass is 16.5. The highest BCUT2D eigenvalue weighted by Gasteiger charge is 2.46. The van der Waals surface area contributed by atoms with Crippen molar-refractivity contribution in [3.05, 3.63) is 101 Å². The van der Waals surface area contributed by atoms with E-state index in [-0.39, 0.29) is 23.3 Å². The van der Waals surface area contributed by atoms with Gasteiger partial charge in [-0.25, -0.2) is 0 Å². The SMILES string of the molecule is CCOc1cccc(/C(O)=C2/C(=O)C(=O)N(Cc3ccccc3OC)C2c2ccc(C(C)(C)C)cc2)c1. The third kappa shape index (κ3) is 5.24. The standard InChI is InChI=1S/C31H33NO5/c1-6-37-24-12-9-11-21(18-24)28(33)26-27(20-14-16-23(17-15-20)31(2,3)4)32(30(35)29(26)34)19-22-10-7-8-13-25(22)36-5/h7-18,27,33H,6,19H2,1-5H3/b28-26-. The van der Waals surface area contributed by atoms with Crippen LogP contribution in [0.15, 0.2) is 78.4 Å². The van der Waals surface area contributed by atoms with E-state index >= 15 is 0 Å². The first-order valence-corrected chi connectivity index (χ1v) is 12.4. The number of ketones is 1. The van der Waals surface area contributed by atoms with Gasteiger partial charge in [-0.1, -0.05) is 75.4 Å². The number of hydrogen-bond donors (Lipinski definition) is 1. The second-order valence-corrected chi connectivity index (χ2v) is 10.1. The average Bonchev–Trinajstić information content (AvgIpc) is 3.13. The summed E-state index contributed by atoms with van der Waals surface area (Å²) in [6.07, 6.45) is 0. The summed E-state index contributed by atoms with van der Waals surface area (Å²) in [4.78, 5) is 28.3. The second-order valence-electron chi connectivity index (χ2n) is 10.1. The third-order valence-electron chi connectivity index (χ3n) is 6.58. The molecule has 1 atom stereocenters. The van der Waals surface area contributed by atoms with E-state index in [1.807, 2.05) is 55.5 Å². The van der Waals surface area contributed by atoms with Crippen molar-refractivity contribution in [3.63, 3.8) is 0 Å². The lowest BCUT2D eigenvalue weighted by Gasteiger charge is -2.27. The molecule has 0 spiro atoms. The second kappa shape index (κ2) is 10.5. The molecule has 37 heavy (non-hydrogen) atoms. The number of carbonyl (C=O) groups is 2. The van der Waals surface area contributed by atoms with Gasteiger partial charge in [0.25, 0.3) is 11.7 Å². The van der Waals surface area contributed by atoms with Gasteiger partial charge in [-0.15, -0.1) is 0 Å². The first-order valence-electron chi connectivity index (χ1n) is 12.4. The molecule has 3 aromatic rings. The van der Waals surface area contributed by atoms with Crippen LogP contribution in [0.1, 0.15) is 56.0 Å². The Labute approximate surface area is 218 Å². The van der Waals surface area contributed by atoms with Gasteiger partial charge in [-0.05, 0) is 41.7 Å². The number of likely N-dealkylation sites (tertiary alicyclic amines) is 1. The number of carbonyl (C=O) groups excluding carboxylic acids is 2. The minimum absolute atomic E-state index is 0.0528. The lowest BCUT2D eigenvalue weighted by molar-refractivity contribution is -0.140. The summed E-state index contributed by atoms with van der Waals surface area (Å²) >= 11 is 0. The predicted octanol–water partition coefficient (Wildman–Crippen LogP) is 6.01. The molecular formula is C31H33NO5. The van der Waals surface area contributed by atoms with Crippen molar-refractivity contribution in [2.75, 3.05) is 13.7 Å². The lowest BCUT2D eigenvalue weighted by atomic mass is 9.85. The van der Waals surface area contributed by atoms with Gasteiger partial charge in [0.05, 0.1) is 31.9 Å². The number of benzene rings is 3. The highest BCUT2D eigenvalue weighted by Crippen LogP contribution is 2.41. The van der Waals surface area contributed by atoms with E-state index in [4.69, 9.17) is 9.47 Å². The van der Waals surface area contributed by atoms with E-state index in [2.05, 4.69) is 20.8 Å². The number of amides is 1. The Balaban J connectivity index is 1.87. The van der Waals surface area contributed by atoms with Crippen LogP contribution >= 0.6 is 0 Å². The Morgan fingerprint density at radius 3 is 2.32 bits per heavy atom. The Morgan fingerprint density at radius 2 is 1.68 bits per heavy atom. The summed E-state index contributed by atoms with van der Waals surface area (Å²) < 4.78 is 11.1. The van der Waals surface area contributed by atoms with Crippen molar-refractivity contribution >= 4 is 17.4 Å². The summed E-state index contributed by atoms with van der Waals surface area (Å²) in [6, 6.07) is 21.4. The fourth-order valence-electron chi connectivity index (χ4n) is 4.63. The van der Waals surface area contributed by atoms with Crippen LogP contribution < -0.4 is 9.47 Å². The van der Waals surface area contributed by atoms with Gasteiger partial charge in [0.15, 0.2) is 0 Å². The molecular weight excluding hydrogens is 466 g/mol. The zero-order valence-corrected chi connectivity index (χ0v) is 21.9. The molecule has 1 N–H and O–H groups in total. The van der Waals surface area contributed by atoms with Gasteiger partial charge >= 0.3 is 0 Å². The van der Waals surface area contributed by atoms with Crippen molar-refractivity contribution in [2.45, 2.75) is 45.7 Å². The topological polar surface area (TPSA) is 76.1 Å². The fraction of sp³-hybridized carbons (Fsp3) is 0.290. The Morgan fingerprint density at radius 1 is 0.973 bits per heavy atom. The minimum Gasteiger partial charge on any atom is -0.507 e. The van der Waals surface area contributed by atoms with Crippen molar-refractivity contribution in [1.29, 1.82) is 0 Å². The molecule has 1 amide bonds. The molecule has 1 fully saturated rings. The van der Waals surface area contributed by atoms with Crippen LogP contribution in [0, 0.1) is 0 Å². The molecule has 6 heteroatoms. The van der Waals surface area contributed by atoms with E-state index < -0.39 is 17.7 Å². The van der Waals surface area contributed by atoms with Gasteiger partial charge in [-0.3, -0.25) is 9.59 Å². The summed E-state index contributed by atoms with van der Waals surface area (Å²) in [5, 5.41) is 11.4. The highest BCUT2D eigenvalue weighted by molar-refractivity contribution is 6.46. The zero-order chi connectivity index (χ0) is 26.7. The molecule has 0 saturated carbocycles. The number of para-hydroxylation sites is 1. The summed E-state index contributed by atoms with van der Waals surface area (Å²) in [5.41, 5.74) is 3.04. The minimum atomic E-state index is -0.769. The Kier molecular flexibility index (Phi) is 7.39. The van der Waals surface area contributed by atoms with Crippen molar-refractivity contribution in [1.82, 2.24) is 4.90 Å². The van der Waals surface area contributed by atoms with Crippen LogP contribution in [0.25, 0.3) is 5.76 Å². The largest absolute Gasteiger partial charge is 0.507 e. The predicted molar refractivity (Wildman–Crippen MR) is 144 cm³/mol. The number of ether oxygens (including phenoxy) is 2. The monoisotopic (exact) mass is 499 g/mol. The zero-order valence-electron chi connectivity index (χ0n) is 21.9. The number of aliphatic hydroxyl groups excluding tert-OH is 1. The molecule has 1 heterocycles. The number of hydrogen-bond acceptors (Lipinski definition) is 5. The van der Waals surface area contributed by atoms with Crippen molar-refractivity contribution < 1.29 is 24.2 Å². The normalized spacial score (nSPS) is 17.2. The van der Waals surface area contributed by atoms with Crippen LogP contribution in [0.5, 0.6) is 11.5 Å². The quantitative estimate of drug-likeness (QED) is 0.245. The van der Waals surface area contributed by atoms with Crippen molar-refractivity contribution in [3.8, 4) is 11.5 Å². The molecule has 0 aliphatic carbocycles. The van der Waals surface area contributed by atoms with Crippen molar-refractivity contribution in [2.24, 2.45) is 0 Å². The van der Waals surface area contributed by atoms with E-state index in [1.165, 1.54) is 4.90 Å². The van der Waals surface area contributed by atoms with Crippen LogP contribution in [0.4, 0.5) is 0 Å². The molecule has 0 aromatic heterocycles. The van der Waals surface area contributed by atoms with Gasteiger partial charge in [0, 0.05) is 11.1 Å². The molecule has 1 aliphatic heterocycles. The first kappa shape index (κ1) is 26.0. The van der Waals surface area contributed by atoms with Gasteiger partial charge in [-0.2, -0.15) is 0 Å². The molecule has 1 unspecified atom stereocenters. The van der Waals surface area contributed by atoms with E-state index in [9.17, 15) is 14.7 Å². The Hall–Kier alpha value is -4.06. The van der Waals surface area contributed by atoms with Crippen LogP contribution in [0.2, 0.25) is 0 Å². The van der Waals surface area contributed by atoms with Gasteiger partial charge in [0.1, 0.15) is 17.3 Å². The summed E-state index contributed by atoms with van der Waals surface area (Å²) in [6.45, 7) is 8.87. The molecule has 1 saturated heterocycles. The molecule has 0 radical (unpaired) electrons. The molecule has 0 bridgehead atoms. The number of Topliss-reactive ketones (excluding diaryl/α,β-unsaturated/α-hetero) is 1. The van der Waals surface area contributed by atoms with Gasteiger partial charge in [0.2, 0.25) is 0 Å². The molecule has 192 valence electrons. The van der Waals surface area contributed by atoms with Crippen LogP contribution in [-0.2, 0) is 21.5 Å². The average molecular weight is 500 g/mol. The summed E-state index contributed by atoms with van der Waals surface area (Å²) in [7, 11) is 1.57. The lowest BCUT2D eigenvalue weighted by Crippen LogP contribution is -2.29. The maximum absolute atomic E-state index is 13.4. The Bertz CT molecular complexity index is 1330. The maximum Gasteiger partial charge on any atom is 0.295 e. The van der Waals surface area contributed by atoms with E-state index in [0.29, 0.717) is 23.7 Å².